The number of hydrogen-bond acceptors (Lipinski definition) is 5. The van der Waals surface area contributed by atoms with Crippen LogP contribution in [-0.2, 0) is 12.0 Å². The van der Waals surface area contributed by atoms with Crippen LogP contribution in [0.3, 0.4) is 0 Å². The number of carbonyl (C=O) groups is 1. The molecule has 0 radical (unpaired) electrons. The molecule has 0 aliphatic heterocycles. The van der Waals surface area contributed by atoms with E-state index >= 15 is 0 Å². The lowest BCUT2D eigenvalue weighted by atomic mass is 9.87. The number of fused-ring (bicyclic) bond motifs is 1. The highest BCUT2D eigenvalue weighted by Crippen LogP contribution is 2.28. The maximum absolute atomic E-state index is 12.7. The number of imidazole rings is 1. The quantitative estimate of drug-likeness (QED) is 0.549. The van der Waals surface area contributed by atoms with Gasteiger partial charge in [0.15, 0.2) is 11.5 Å². The minimum absolute atomic E-state index is 0.0252. The van der Waals surface area contributed by atoms with Crippen LogP contribution in [-0.4, -0.2) is 25.8 Å². The summed E-state index contributed by atoms with van der Waals surface area (Å²) in [5, 5.41) is 10.7. The van der Waals surface area contributed by atoms with E-state index in [0.717, 1.165) is 16.6 Å². The fourth-order valence-electron chi connectivity index (χ4n) is 3.29. The SMILES string of the molecule is CCn1c(-c2nonc2NC(=O)c2ccc(C(C)(C)C)cc2)nc2ccccc21. The van der Waals surface area contributed by atoms with E-state index in [9.17, 15) is 4.79 Å². The second kappa shape index (κ2) is 7.16. The van der Waals surface area contributed by atoms with Crippen molar-refractivity contribution in [2.24, 2.45) is 0 Å². The standard InChI is InChI=1S/C22H23N5O2/c1-5-27-17-9-7-6-8-16(17)23-20(27)18-19(26-29-25-18)24-21(28)14-10-12-15(13-11-14)22(2,3)4/h6-13H,5H2,1-4H3,(H,24,26,28). The number of nitrogens with zero attached hydrogens (tertiary/aromatic N) is 4. The minimum atomic E-state index is -0.276. The van der Waals surface area contributed by atoms with Crippen molar-refractivity contribution in [1.82, 2.24) is 19.9 Å². The van der Waals surface area contributed by atoms with Gasteiger partial charge in [-0.05, 0) is 52.5 Å². The Kier molecular flexibility index (Phi) is 4.66. The second-order valence-electron chi connectivity index (χ2n) is 7.91. The van der Waals surface area contributed by atoms with Gasteiger partial charge in [-0.2, -0.15) is 0 Å². The molecule has 0 fully saturated rings. The van der Waals surface area contributed by atoms with Gasteiger partial charge < -0.3 is 9.88 Å². The maximum atomic E-state index is 12.7. The number of carbonyl (C=O) groups excluding carboxylic acids is 1. The number of benzene rings is 2. The van der Waals surface area contributed by atoms with Crippen molar-refractivity contribution >= 4 is 22.8 Å². The van der Waals surface area contributed by atoms with Crippen molar-refractivity contribution in [3.8, 4) is 11.5 Å². The van der Waals surface area contributed by atoms with Crippen molar-refractivity contribution < 1.29 is 9.42 Å². The Labute approximate surface area is 168 Å². The third-order valence-corrected chi connectivity index (χ3v) is 4.92. The topological polar surface area (TPSA) is 85.8 Å². The Balaban J connectivity index is 1.65. The van der Waals surface area contributed by atoms with Gasteiger partial charge in [-0.15, -0.1) is 0 Å². The van der Waals surface area contributed by atoms with Crippen LogP contribution in [0.15, 0.2) is 53.2 Å². The first kappa shape index (κ1) is 18.9. The van der Waals surface area contributed by atoms with E-state index in [1.807, 2.05) is 60.0 Å². The molecular formula is C22H23N5O2. The summed E-state index contributed by atoms with van der Waals surface area (Å²) in [5.41, 5.74) is 3.97. The number of anilines is 1. The zero-order valence-electron chi connectivity index (χ0n) is 16.9. The number of aromatic nitrogens is 4. The Bertz CT molecular complexity index is 1170. The van der Waals surface area contributed by atoms with Crippen LogP contribution < -0.4 is 5.32 Å². The predicted molar refractivity (Wildman–Crippen MR) is 112 cm³/mol. The molecule has 1 N–H and O–H groups in total. The summed E-state index contributed by atoms with van der Waals surface area (Å²) in [4.78, 5) is 17.4. The summed E-state index contributed by atoms with van der Waals surface area (Å²) < 4.78 is 6.94. The highest BCUT2D eigenvalue weighted by Gasteiger charge is 2.22. The van der Waals surface area contributed by atoms with Gasteiger partial charge in [-0.3, -0.25) is 4.79 Å². The first-order valence-electron chi connectivity index (χ1n) is 9.58. The molecule has 0 aliphatic carbocycles. The minimum Gasteiger partial charge on any atom is -0.323 e. The molecule has 7 nitrogen and oxygen atoms in total. The van der Waals surface area contributed by atoms with E-state index in [2.05, 4.69) is 41.4 Å². The molecule has 148 valence electrons. The van der Waals surface area contributed by atoms with Crippen LogP contribution in [0.1, 0.15) is 43.6 Å². The Hall–Kier alpha value is -3.48. The first-order chi connectivity index (χ1) is 13.9. The zero-order chi connectivity index (χ0) is 20.6. The van der Waals surface area contributed by atoms with Crippen LogP contribution in [0, 0.1) is 0 Å². The third-order valence-electron chi connectivity index (χ3n) is 4.92. The molecule has 0 atom stereocenters. The Morgan fingerprint density at radius 1 is 1.07 bits per heavy atom. The van der Waals surface area contributed by atoms with Crippen molar-refractivity contribution in [2.75, 3.05) is 5.32 Å². The van der Waals surface area contributed by atoms with Gasteiger partial charge in [0.05, 0.1) is 11.0 Å². The number of rotatable bonds is 4. The molecule has 0 unspecified atom stereocenters. The summed E-state index contributed by atoms with van der Waals surface area (Å²) in [6.45, 7) is 9.13. The molecule has 4 rings (SSSR count). The first-order valence-corrected chi connectivity index (χ1v) is 9.58. The summed E-state index contributed by atoms with van der Waals surface area (Å²) in [6, 6.07) is 15.4. The highest BCUT2D eigenvalue weighted by atomic mass is 16.6. The molecule has 0 spiro atoms. The normalized spacial score (nSPS) is 11.7. The van der Waals surface area contributed by atoms with E-state index in [1.165, 1.54) is 0 Å². The lowest BCUT2D eigenvalue weighted by Crippen LogP contribution is -2.15. The molecule has 0 bridgehead atoms. The average molecular weight is 389 g/mol. The van der Waals surface area contributed by atoms with Crippen LogP contribution >= 0.6 is 0 Å². The average Bonchev–Trinajstić information content (AvgIpc) is 3.30. The van der Waals surface area contributed by atoms with Crippen molar-refractivity contribution in [2.45, 2.75) is 39.7 Å². The number of aryl methyl sites for hydroxylation is 1. The lowest BCUT2D eigenvalue weighted by Gasteiger charge is -2.18. The van der Waals surface area contributed by atoms with Crippen molar-refractivity contribution in [1.29, 1.82) is 0 Å². The number of para-hydroxylation sites is 2. The smallest absolute Gasteiger partial charge is 0.256 e. The molecule has 1 amide bonds. The molecule has 0 aliphatic rings. The molecule has 4 aromatic rings. The monoisotopic (exact) mass is 389 g/mol. The third kappa shape index (κ3) is 3.51. The molecule has 7 heteroatoms. The molecule has 29 heavy (non-hydrogen) atoms. The van der Waals surface area contributed by atoms with E-state index in [4.69, 9.17) is 4.63 Å². The largest absolute Gasteiger partial charge is 0.323 e. The number of nitrogens with one attached hydrogen (secondary N) is 1. The van der Waals surface area contributed by atoms with Crippen LogP contribution in [0.2, 0.25) is 0 Å². The zero-order valence-corrected chi connectivity index (χ0v) is 16.9. The van der Waals surface area contributed by atoms with Crippen LogP contribution in [0.5, 0.6) is 0 Å². The number of amides is 1. The van der Waals surface area contributed by atoms with Crippen LogP contribution in [0.4, 0.5) is 5.82 Å². The van der Waals surface area contributed by atoms with Gasteiger partial charge in [-0.25, -0.2) is 9.61 Å². The summed E-state index contributed by atoms with van der Waals surface area (Å²) in [7, 11) is 0. The Morgan fingerprint density at radius 3 is 2.48 bits per heavy atom. The van der Waals surface area contributed by atoms with Gasteiger partial charge in [0.2, 0.25) is 5.82 Å². The van der Waals surface area contributed by atoms with Gasteiger partial charge >= 0.3 is 0 Å². The summed E-state index contributed by atoms with van der Waals surface area (Å²) in [5.74, 6) is 0.579. The molecule has 2 aromatic carbocycles. The molecule has 0 saturated heterocycles. The summed E-state index contributed by atoms with van der Waals surface area (Å²) in [6.07, 6.45) is 0. The van der Waals surface area contributed by atoms with Gasteiger partial charge in [0.1, 0.15) is 0 Å². The van der Waals surface area contributed by atoms with Crippen LogP contribution in [0.25, 0.3) is 22.6 Å². The Morgan fingerprint density at radius 2 is 1.79 bits per heavy atom. The van der Waals surface area contributed by atoms with Crippen molar-refractivity contribution in [3.63, 3.8) is 0 Å². The number of hydrogen-bond donors (Lipinski definition) is 1. The molecular weight excluding hydrogens is 366 g/mol. The fourth-order valence-corrected chi connectivity index (χ4v) is 3.29. The highest BCUT2D eigenvalue weighted by molar-refractivity contribution is 6.05. The second-order valence-corrected chi connectivity index (χ2v) is 7.91. The molecule has 2 heterocycles. The maximum Gasteiger partial charge on any atom is 0.256 e. The fraction of sp³-hybridized carbons (Fsp3) is 0.273. The van der Waals surface area contributed by atoms with Gasteiger partial charge in [0, 0.05) is 12.1 Å². The van der Waals surface area contributed by atoms with E-state index in [-0.39, 0.29) is 17.1 Å². The van der Waals surface area contributed by atoms with E-state index < -0.39 is 0 Å². The lowest BCUT2D eigenvalue weighted by molar-refractivity contribution is 0.102. The van der Waals surface area contributed by atoms with Gasteiger partial charge in [-0.1, -0.05) is 45.0 Å². The predicted octanol–water partition coefficient (Wildman–Crippen LogP) is 4.66. The molecule has 2 aromatic heterocycles. The van der Waals surface area contributed by atoms with Crippen molar-refractivity contribution in [3.05, 3.63) is 59.7 Å². The van der Waals surface area contributed by atoms with E-state index in [1.54, 1.807) is 0 Å². The van der Waals surface area contributed by atoms with Gasteiger partial charge in [0.25, 0.3) is 5.91 Å². The summed E-state index contributed by atoms with van der Waals surface area (Å²) >= 11 is 0. The molecule has 0 saturated carbocycles. The van der Waals surface area contributed by atoms with E-state index in [0.29, 0.717) is 23.6 Å².